The van der Waals surface area contributed by atoms with Crippen LogP contribution in [0, 0.1) is 0 Å². The fourth-order valence-electron chi connectivity index (χ4n) is 4.43. The lowest BCUT2D eigenvalue weighted by Gasteiger charge is -2.30. The molecule has 0 radical (unpaired) electrons. The molecule has 0 saturated carbocycles. The first-order valence-electron chi connectivity index (χ1n) is 10.9. The van der Waals surface area contributed by atoms with E-state index in [9.17, 15) is 4.79 Å². The number of nitrogens with zero attached hydrogens (tertiary/aromatic N) is 1. The predicted octanol–water partition coefficient (Wildman–Crippen LogP) is 2.84. The molecule has 5 atom stereocenters. The van der Waals surface area contributed by atoms with Crippen molar-refractivity contribution in [1.82, 2.24) is 0 Å². The molecule has 3 aliphatic rings. The Morgan fingerprint density at radius 3 is 2.39 bits per heavy atom. The number of rotatable bonds is 6. The lowest BCUT2D eigenvalue weighted by Crippen LogP contribution is -2.46. The fraction of sp³-hybridized carbons (Fsp3) is 0.696. The van der Waals surface area contributed by atoms with Gasteiger partial charge >= 0.3 is 0 Å². The normalized spacial score (nSPS) is 33.6. The molecule has 8 nitrogen and oxygen atoms in total. The lowest BCUT2D eigenvalue weighted by molar-refractivity contribution is -0.235. The third-order valence-corrected chi connectivity index (χ3v) is 5.64. The van der Waals surface area contributed by atoms with Gasteiger partial charge in [0.1, 0.15) is 31.0 Å². The molecule has 3 saturated heterocycles. The number of hydrogen-bond donors (Lipinski definition) is 0. The summed E-state index contributed by atoms with van der Waals surface area (Å²) >= 11 is 0. The van der Waals surface area contributed by atoms with Crippen LogP contribution in [0.25, 0.3) is 0 Å². The van der Waals surface area contributed by atoms with Gasteiger partial charge in [-0.05, 0) is 53.7 Å². The highest BCUT2D eigenvalue weighted by Crippen LogP contribution is 2.42. The number of hydrogen-bond acceptors (Lipinski definition) is 7. The molecule has 0 unspecified atom stereocenters. The van der Waals surface area contributed by atoms with E-state index in [1.165, 1.54) is 0 Å². The van der Waals surface area contributed by atoms with Gasteiger partial charge in [-0.15, -0.1) is 0 Å². The quantitative estimate of drug-likeness (QED) is 0.680. The molecule has 0 spiro atoms. The van der Waals surface area contributed by atoms with Gasteiger partial charge in [0.2, 0.25) is 0 Å². The zero-order valence-corrected chi connectivity index (χ0v) is 19.1. The van der Waals surface area contributed by atoms with Gasteiger partial charge in [0.15, 0.2) is 17.9 Å². The first-order valence-corrected chi connectivity index (χ1v) is 10.9. The van der Waals surface area contributed by atoms with Crippen LogP contribution in [0.4, 0.5) is 5.69 Å². The third-order valence-electron chi connectivity index (χ3n) is 5.64. The summed E-state index contributed by atoms with van der Waals surface area (Å²) in [5, 5.41) is 0. The summed E-state index contributed by atoms with van der Waals surface area (Å²) in [6.45, 7) is 11.6. The average molecular weight is 436 g/mol. The molecule has 4 rings (SSSR count). The van der Waals surface area contributed by atoms with Crippen molar-refractivity contribution in [1.29, 1.82) is 0 Å². The van der Waals surface area contributed by atoms with Crippen molar-refractivity contribution < 1.29 is 33.2 Å². The monoisotopic (exact) mass is 435 g/mol. The molecular weight excluding hydrogens is 402 g/mol. The van der Waals surface area contributed by atoms with Gasteiger partial charge in [-0.3, -0.25) is 4.79 Å². The van der Waals surface area contributed by atoms with Gasteiger partial charge in [0, 0.05) is 11.7 Å². The van der Waals surface area contributed by atoms with Crippen LogP contribution in [-0.4, -0.2) is 67.4 Å². The zero-order valence-electron chi connectivity index (χ0n) is 19.1. The number of amides is 1. The Kier molecular flexibility index (Phi) is 6.15. The molecule has 0 aliphatic carbocycles. The van der Waals surface area contributed by atoms with E-state index < -0.39 is 36.2 Å². The van der Waals surface area contributed by atoms with Gasteiger partial charge < -0.3 is 33.3 Å². The highest BCUT2D eigenvalue weighted by atomic mass is 16.8. The number of ether oxygens (including phenoxy) is 6. The SMILES string of the molecule is CC(C)N(C(=O)CO[C@@H]1[C@H]([C@@H]2COC(C)(C)O2)O[C@@H]2OC(C)(C)O[C@@H]21)c1ccccc1. The summed E-state index contributed by atoms with van der Waals surface area (Å²) in [6, 6.07) is 9.56. The number of benzene rings is 1. The Labute approximate surface area is 183 Å². The van der Waals surface area contributed by atoms with Crippen LogP contribution in [0.15, 0.2) is 30.3 Å². The first kappa shape index (κ1) is 22.6. The van der Waals surface area contributed by atoms with Crippen molar-refractivity contribution in [3.05, 3.63) is 30.3 Å². The van der Waals surface area contributed by atoms with Crippen molar-refractivity contribution in [2.24, 2.45) is 0 Å². The van der Waals surface area contributed by atoms with Crippen molar-refractivity contribution in [3.8, 4) is 0 Å². The zero-order chi connectivity index (χ0) is 22.4. The maximum absolute atomic E-state index is 13.1. The summed E-state index contributed by atoms with van der Waals surface area (Å²) in [5.74, 6) is -1.62. The second-order valence-electron chi connectivity index (χ2n) is 9.41. The molecule has 0 N–H and O–H groups in total. The number of fused-ring (bicyclic) bond motifs is 1. The first-order chi connectivity index (χ1) is 14.6. The Bertz CT molecular complexity index is 781. The van der Waals surface area contributed by atoms with Gasteiger partial charge in [-0.2, -0.15) is 0 Å². The number of carbonyl (C=O) groups excluding carboxylic acids is 1. The largest absolute Gasteiger partial charge is 0.363 e. The molecule has 172 valence electrons. The summed E-state index contributed by atoms with van der Waals surface area (Å²) in [4.78, 5) is 14.9. The minimum atomic E-state index is -0.785. The van der Waals surface area contributed by atoms with Crippen LogP contribution in [0.5, 0.6) is 0 Å². The Hall–Kier alpha value is -1.55. The Morgan fingerprint density at radius 2 is 1.77 bits per heavy atom. The molecule has 1 amide bonds. The van der Waals surface area contributed by atoms with Crippen LogP contribution < -0.4 is 4.90 Å². The maximum Gasteiger partial charge on any atom is 0.253 e. The minimum absolute atomic E-state index is 0.0146. The molecular formula is C23H33NO7. The van der Waals surface area contributed by atoms with Crippen molar-refractivity contribution in [2.75, 3.05) is 18.1 Å². The molecule has 0 aromatic heterocycles. The molecule has 1 aromatic carbocycles. The maximum atomic E-state index is 13.1. The average Bonchev–Trinajstić information content (AvgIpc) is 3.29. The van der Waals surface area contributed by atoms with E-state index in [0.717, 1.165) is 5.69 Å². The minimum Gasteiger partial charge on any atom is -0.363 e. The van der Waals surface area contributed by atoms with E-state index in [1.54, 1.807) is 4.90 Å². The van der Waals surface area contributed by atoms with Gasteiger partial charge in [-0.25, -0.2) is 0 Å². The van der Waals surface area contributed by atoms with Crippen molar-refractivity contribution in [2.45, 2.75) is 89.9 Å². The summed E-state index contributed by atoms with van der Waals surface area (Å²) in [5.41, 5.74) is 0.832. The lowest BCUT2D eigenvalue weighted by atomic mass is 10.1. The van der Waals surface area contributed by atoms with Crippen LogP contribution in [-0.2, 0) is 33.2 Å². The highest BCUT2D eigenvalue weighted by molar-refractivity contribution is 5.94. The highest BCUT2D eigenvalue weighted by Gasteiger charge is 2.59. The van der Waals surface area contributed by atoms with Crippen molar-refractivity contribution in [3.63, 3.8) is 0 Å². The van der Waals surface area contributed by atoms with E-state index in [2.05, 4.69) is 0 Å². The standard InChI is InChI=1S/C23H33NO7/c1-14(2)24(15-10-8-7-9-11-15)17(25)13-26-19-18(16-12-27-22(3,4)29-16)28-21-20(19)30-23(5,6)31-21/h7-11,14,16,18-21H,12-13H2,1-6H3/t16-,18-,19+,20+,21+/m0/s1. The molecule has 3 aliphatic heterocycles. The van der Waals surface area contributed by atoms with E-state index in [1.807, 2.05) is 71.9 Å². The van der Waals surface area contributed by atoms with E-state index >= 15 is 0 Å². The van der Waals surface area contributed by atoms with Crippen LogP contribution in [0.1, 0.15) is 41.5 Å². The second kappa shape index (κ2) is 8.42. The molecule has 3 heterocycles. The van der Waals surface area contributed by atoms with E-state index in [4.69, 9.17) is 28.4 Å². The topological polar surface area (TPSA) is 75.7 Å². The summed E-state index contributed by atoms with van der Waals surface area (Å²) in [7, 11) is 0. The Balaban J connectivity index is 1.49. The van der Waals surface area contributed by atoms with Gasteiger partial charge in [0.05, 0.1) is 6.61 Å². The van der Waals surface area contributed by atoms with Gasteiger partial charge in [-0.1, -0.05) is 18.2 Å². The van der Waals surface area contributed by atoms with Crippen LogP contribution >= 0.6 is 0 Å². The smallest absolute Gasteiger partial charge is 0.253 e. The van der Waals surface area contributed by atoms with Gasteiger partial charge in [0.25, 0.3) is 5.91 Å². The second-order valence-corrected chi connectivity index (χ2v) is 9.41. The molecule has 31 heavy (non-hydrogen) atoms. The molecule has 1 aromatic rings. The van der Waals surface area contributed by atoms with Crippen molar-refractivity contribution >= 4 is 11.6 Å². The van der Waals surface area contributed by atoms with E-state index in [0.29, 0.717) is 6.61 Å². The number of carbonyl (C=O) groups is 1. The summed E-state index contributed by atoms with van der Waals surface area (Å²) < 4.78 is 36.0. The molecule has 0 bridgehead atoms. The third kappa shape index (κ3) is 4.79. The van der Waals surface area contributed by atoms with E-state index in [-0.39, 0.29) is 24.7 Å². The van der Waals surface area contributed by atoms with Crippen LogP contribution in [0.3, 0.4) is 0 Å². The number of para-hydroxylation sites is 1. The molecule has 8 heteroatoms. The predicted molar refractivity (Wildman–Crippen MR) is 112 cm³/mol. The fourth-order valence-corrected chi connectivity index (χ4v) is 4.43. The number of anilines is 1. The Morgan fingerprint density at radius 1 is 1.06 bits per heavy atom. The summed E-state index contributed by atoms with van der Waals surface area (Å²) in [6.07, 6.45) is -2.37. The molecule has 3 fully saturated rings. The van der Waals surface area contributed by atoms with Crippen LogP contribution in [0.2, 0.25) is 0 Å².